The van der Waals surface area contributed by atoms with E-state index in [0.717, 1.165) is 91.7 Å². The summed E-state index contributed by atoms with van der Waals surface area (Å²) in [6, 6.07) is 109. The minimum absolute atomic E-state index is 0.204. The van der Waals surface area contributed by atoms with E-state index in [9.17, 15) is 0 Å². The fourth-order valence-electron chi connectivity index (χ4n) is 12.8. The van der Waals surface area contributed by atoms with Gasteiger partial charge in [-0.1, -0.05) is 82.9 Å². The molecule has 476 valence electrons. The first-order valence-corrected chi connectivity index (χ1v) is 38.4. The van der Waals surface area contributed by atoms with E-state index in [1.807, 2.05) is 13.8 Å². The number of hydrogen-bond acceptors (Lipinski definition) is 4. The van der Waals surface area contributed by atoms with Gasteiger partial charge in [0.15, 0.2) is 0 Å². The number of rotatable bonds is 21. The van der Waals surface area contributed by atoms with Gasteiger partial charge in [-0.2, -0.15) is 0 Å². The van der Waals surface area contributed by atoms with Crippen LogP contribution in [-0.2, 0) is 6.42 Å². The van der Waals surface area contributed by atoms with E-state index in [0.29, 0.717) is 5.92 Å². The van der Waals surface area contributed by atoms with Crippen molar-refractivity contribution in [2.75, 3.05) is 14.7 Å². The molecule has 0 heterocycles. The maximum absolute atomic E-state index is 6.46. The van der Waals surface area contributed by atoms with Gasteiger partial charge < -0.3 is 9.80 Å². The molecule has 5 heteroatoms. The molecule has 0 spiro atoms. The zero-order chi connectivity index (χ0) is 66.6. The maximum atomic E-state index is 6.46. The summed E-state index contributed by atoms with van der Waals surface area (Å²) in [5.74, 6) is 1.41. The summed E-state index contributed by atoms with van der Waals surface area (Å²) in [6.45, 7) is 27.2. The Kier molecular flexibility index (Phi) is 21.4. The van der Waals surface area contributed by atoms with Crippen molar-refractivity contribution >= 4 is 77.6 Å². The SMILES string of the molecule is C=C(C)C.CCC(Oc1ccc(C[CH2][Ge]([c]2ccc(C)cc2)([c]2ccc(C)cc2)[c]2ccc(N(c3ccc(C)cc3)c3ccc(-c4ccc(N(c5ccc(C)cc5)c5ccc(-c6ccc(N(c7ccc(C)cc7)c7ccc(C)cc7)cc6)cc5)cc4)cc3)cc2)cc1)C(C)C. The molecule has 0 N–H and O–H groups in total. The third-order valence-corrected chi connectivity index (χ3v) is 28.6. The van der Waals surface area contributed by atoms with Gasteiger partial charge in [0, 0.05) is 34.1 Å². The Hall–Kier alpha value is -9.88. The number of anilines is 9. The third kappa shape index (κ3) is 16.0. The average molecular weight is 1300 g/mol. The van der Waals surface area contributed by atoms with Crippen molar-refractivity contribution in [1.29, 1.82) is 0 Å². The fraction of sp³-hybridized carbons (Fsp3) is 0.178. The molecular weight excluding hydrogens is 1210 g/mol. The van der Waals surface area contributed by atoms with E-state index in [-0.39, 0.29) is 6.10 Å². The molecule has 12 aromatic rings. The first kappa shape index (κ1) is 66.6. The molecule has 12 rings (SSSR count). The van der Waals surface area contributed by atoms with Crippen LogP contribution in [-0.4, -0.2) is 19.4 Å². The van der Waals surface area contributed by atoms with Crippen molar-refractivity contribution < 1.29 is 4.74 Å². The molecular formula is C90H91GeN3O. The predicted molar refractivity (Wildman–Crippen MR) is 412 cm³/mol. The molecule has 0 amide bonds. The van der Waals surface area contributed by atoms with Crippen LogP contribution in [0.5, 0.6) is 5.75 Å². The Balaban J connectivity index is 0.00000223. The zero-order valence-corrected chi connectivity index (χ0v) is 59.5. The van der Waals surface area contributed by atoms with E-state index in [1.165, 1.54) is 63.3 Å². The van der Waals surface area contributed by atoms with E-state index < -0.39 is 13.3 Å². The number of aryl methyl sites for hydroxylation is 7. The van der Waals surface area contributed by atoms with Crippen LogP contribution in [0.25, 0.3) is 22.3 Å². The average Bonchev–Trinajstić information content (AvgIpc) is 0.756. The Labute approximate surface area is 569 Å². The van der Waals surface area contributed by atoms with E-state index in [1.54, 1.807) is 0 Å². The topological polar surface area (TPSA) is 19.0 Å². The standard InChI is InChI=1S/C86H83GeN3O.C4H8/c1-10-86(61(2)3)91-85-57-23-68(24-58-85)59-60-87(73-33-11-62(4)12-34-73,74-35-13-63(5)14-36-74)75-37-55-84(56-38-75)90(79-45-21-67(9)22-46-79)83-53-31-72(32-54-83)71-29-51-82(52-30-71)89(78-43-19-66(8)20-44-78)81-49-27-70(28-50-81)69-25-47-80(48-26-69)88(76-39-15-64(6)16-40-76)77-41-17-65(7)18-42-77;1-4(2)3/h11-58,61,86H,10,59-60H2,1-9H3;1H2,2-3H3. The van der Waals surface area contributed by atoms with E-state index in [4.69, 9.17) is 4.74 Å². The van der Waals surface area contributed by atoms with Crippen LogP contribution >= 0.6 is 0 Å². The summed E-state index contributed by atoms with van der Waals surface area (Å²) in [5.41, 5.74) is 24.7. The fourth-order valence-corrected chi connectivity index (χ4v) is 22.7. The molecule has 0 aliphatic carbocycles. The summed E-state index contributed by atoms with van der Waals surface area (Å²) in [4.78, 5) is 7.08. The van der Waals surface area contributed by atoms with Gasteiger partial charge in [-0.05, 0) is 106 Å². The molecule has 0 saturated carbocycles. The molecule has 1 atom stereocenters. The van der Waals surface area contributed by atoms with Gasteiger partial charge in [0.2, 0.25) is 0 Å². The second-order valence-corrected chi connectivity index (χ2v) is 34.9. The quantitative estimate of drug-likeness (QED) is 0.0527. The summed E-state index contributed by atoms with van der Waals surface area (Å²) >= 11 is -3.40. The zero-order valence-electron chi connectivity index (χ0n) is 57.4. The number of benzene rings is 12. The second-order valence-electron chi connectivity index (χ2n) is 26.4. The van der Waals surface area contributed by atoms with Crippen LogP contribution in [0.15, 0.2) is 303 Å². The molecule has 0 aromatic heterocycles. The molecule has 12 aromatic carbocycles. The molecule has 0 aliphatic heterocycles. The van der Waals surface area contributed by atoms with Crippen LogP contribution in [0, 0.1) is 47.5 Å². The van der Waals surface area contributed by atoms with E-state index in [2.05, 4.69) is 375 Å². The number of ether oxygens (including phenoxy) is 1. The Morgan fingerprint density at radius 1 is 0.326 bits per heavy atom. The molecule has 0 saturated heterocycles. The van der Waals surface area contributed by atoms with Crippen molar-refractivity contribution in [3.63, 3.8) is 0 Å². The molecule has 95 heavy (non-hydrogen) atoms. The van der Waals surface area contributed by atoms with Gasteiger partial charge in [0.05, 0.1) is 0 Å². The first-order chi connectivity index (χ1) is 46.0. The first-order valence-electron chi connectivity index (χ1n) is 33.7. The molecule has 0 bridgehead atoms. The third-order valence-electron chi connectivity index (χ3n) is 18.2. The normalized spacial score (nSPS) is 11.5. The Morgan fingerprint density at radius 3 is 0.768 bits per heavy atom. The molecule has 0 fully saturated rings. The summed E-state index contributed by atoms with van der Waals surface area (Å²) in [6.07, 6.45) is 2.16. The van der Waals surface area contributed by atoms with Crippen LogP contribution in [0.4, 0.5) is 51.2 Å². The van der Waals surface area contributed by atoms with Crippen LogP contribution in [0.3, 0.4) is 0 Å². The number of hydrogen-bond donors (Lipinski definition) is 0. The molecule has 0 aliphatic rings. The van der Waals surface area contributed by atoms with Gasteiger partial charge in [-0.3, -0.25) is 0 Å². The Bertz CT molecular complexity index is 4310. The summed E-state index contributed by atoms with van der Waals surface area (Å²) < 4.78 is 10.9. The van der Waals surface area contributed by atoms with Gasteiger partial charge in [-0.15, -0.1) is 6.58 Å². The van der Waals surface area contributed by atoms with Crippen LogP contribution in [0.1, 0.15) is 80.0 Å². The Morgan fingerprint density at radius 2 is 0.537 bits per heavy atom. The number of allylic oxidation sites excluding steroid dienone is 1. The van der Waals surface area contributed by atoms with Crippen molar-refractivity contribution in [2.24, 2.45) is 5.92 Å². The van der Waals surface area contributed by atoms with Crippen molar-refractivity contribution in [3.05, 3.63) is 342 Å². The van der Waals surface area contributed by atoms with Gasteiger partial charge in [0.25, 0.3) is 0 Å². The van der Waals surface area contributed by atoms with Gasteiger partial charge in [-0.25, -0.2) is 0 Å². The van der Waals surface area contributed by atoms with Gasteiger partial charge in [0.1, 0.15) is 0 Å². The monoisotopic (exact) mass is 1300 g/mol. The van der Waals surface area contributed by atoms with Crippen molar-refractivity contribution in [1.82, 2.24) is 0 Å². The minimum atomic E-state index is -3.40. The van der Waals surface area contributed by atoms with E-state index >= 15 is 0 Å². The summed E-state index contributed by atoms with van der Waals surface area (Å²) in [5, 5.41) is 1.07. The van der Waals surface area contributed by atoms with Crippen molar-refractivity contribution in [2.45, 2.75) is 100 Å². The second kappa shape index (κ2) is 30.5. The summed E-state index contributed by atoms with van der Waals surface area (Å²) in [7, 11) is 0. The van der Waals surface area contributed by atoms with Crippen LogP contribution < -0.4 is 32.6 Å². The number of nitrogens with zero attached hydrogens (tertiary/aromatic N) is 3. The van der Waals surface area contributed by atoms with Gasteiger partial charge >= 0.3 is 334 Å². The van der Waals surface area contributed by atoms with Crippen LogP contribution in [0.2, 0.25) is 5.25 Å². The molecule has 4 nitrogen and oxygen atoms in total. The predicted octanol–water partition coefficient (Wildman–Crippen LogP) is 23.4. The van der Waals surface area contributed by atoms with Crippen molar-refractivity contribution in [3.8, 4) is 28.0 Å². The molecule has 0 radical (unpaired) electrons. The molecule has 1 unspecified atom stereocenters.